The Morgan fingerprint density at radius 1 is 0.483 bits per heavy atom. The first-order chi connectivity index (χ1) is 29.7. The van der Waals surface area contributed by atoms with Crippen molar-refractivity contribution in [2.45, 2.75) is 38.5 Å². The van der Waals surface area contributed by atoms with Gasteiger partial charge in [0.05, 0.1) is 0 Å². The van der Waals surface area contributed by atoms with Crippen molar-refractivity contribution < 1.29 is 4.42 Å². The topological polar surface area (TPSA) is 29.3 Å². The fourth-order valence-electron chi connectivity index (χ4n) is 9.16. The average Bonchev–Trinajstić information content (AvgIpc) is 3.78. The molecule has 0 amide bonds. The molecule has 11 rings (SSSR count). The molecule has 0 spiro atoms. The van der Waals surface area contributed by atoms with Crippen LogP contribution in [0.1, 0.15) is 48.1 Å². The third kappa shape index (κ3) is 6.82. The molecule has 0 fully saturated rings. The fraction of sp³-hybridized carbons (Fsp3) is 0.105. The van der Waals surface area contributed by atoms with E-state index in [1.165, 1.54) is 66.4 Å². The highest BCUT2D eigenvalue weighted by molar-refractivity contribution is 5.94. The Morgan fingerprint density at radius 3 is 2.00 bits per heavy atom. The van der Waals surface area contributed by atoms with Crippen LogP contribution in [-0.2, 0) is 12.8 Å². The number of anilines is 3. The molecular weight excluding hydrogens is 729 g/mol. The van der Waals surface area contributed by atoms with Crippen LogP contribution in [0.15, 0.2) is 199 Å². The average molecular weight is 773 g/mol. The van der Waals surface area contributed by atoms with Crippen LogP contribution in [0, 0.1) is 0 Å². The molecule has 0 unspecified atom stereocenters. The highest BCUT2D eigenvalue weighted by Crippen LogP contribution is 2.44. The lowest BCUT2D eigenvalue weighted by molar-refractivity contribution is 0.516. The molecular formula is C57H44N2O. The summed E-state index contributed by atoms with van der Waals surface area (Å²) >= 11 is 0. The van der Waals surface area contributed by atoms with Crippen LogP contribution in [0.5, 0.6) is 0 Å². The lowest BCUT2D eigenvalue weighted by Gasteiger charge is -2.28. The maximum Gasteiger partial charge on any atom is 0.226 e. The smallest absolute Gasteiger partial charge is 0.226 e. The molecule has 0 saturated carbocycles. The van der Waals surface area contributed by atoms with E-state index < -0.39 is 0 Å². The van der Waals surface area contributed by atoms with Gasteiger partial charge in [-0.3, -0.25) is 0 Å². The Labute approximate surface area is 352 Å². The van der Waals surface area contributed by atoms with E-state index in [9.17, 15) is 0 Å². The van der Waals surface area contributed by atoms with Crippen molar-refractivity contribution >= 4 is 39.0 Å². The molecule has 1 aromatic heterocycles. The quantitative estimate of drug-likeness (QED) is 0.154. The molecule has 3 nitrogen and oxygen atoms in total. The van der Waals surface area contributed by atoms with Crippen molar-refractivity contribution in [2.75, 3.05) is 4.90 Å². The molecule has 1 heterocycles. The standard InChI is InChI=1S/C57H44N2O/c1-5-13-39(14-6-1)41-23-28-49(29-24-41)59(50-30-25-42-21-22-45(35-48(42)37-50)40-15-7-2-8-16-40)51-31-33-52(54(38-51)43-17-9-3-10-18-43)46-26-32-53-47(36-46)27-34-55-56(53)58-57(60-55)44-19-11-4-12-20-44/h1-2,4-7,9,11-15,17-26,28-33,35-38H,3,8,10,16,27,34H2. The van der Waals surface area contributed by atoms with E-state index in [1.807, 2.05) is 18.2 Å². The van der Waals surface area contributed by atoms with Crippen LogP contribution in [-0.4, -0.2) is 4.98 Å². The van der Waals surface area contributed by atoms with E-state index in [0.29, 0.717) is 5.89 Å². The molecule has 3 aliphatic carbocycles. The number of aromatic nitrogens is 1. The summed E-state index contributed by atoms with van der Waals surface area (Å²) < 4.78 is 6.32. The molecule has 0 saturated heterocycles. The maximum atomic E-state index is 6.32. The third-order valence-electron chi connectivity index (χ3n) is 12.3. The minimum Gasteiger partial charge on any atom is -0.440 e. The van der Waals surface area contributed by atoms with Gasteiger partial charge in [-0.15, -0.1) is 0 Å². The Balaban J connectivity index is 1.03. The molecule has 0 atom stereocenters. The van der Waals surface area contributed by atoms with Gasteiger partial charge in [-0.2, -0.15) is 0 Å². The zero-order chi connectivity index (χ0) is 39.8. The Bertz CT molecular complexity index is 3020. The van der Waals surface area contributed by atoms with E-state index in [4.69, 9.17) is 9.40 Å². The van der Waals surface area contributed by atoms with Crippen LogP contribution >= 0.6 is 0 Å². The van der Waals surface area contributed by atoms with Gasteiger partial charge in [0.1, 0.15) is 11.5 Å². The van der Waals surface area contributed by atoms with E-state index in [2.05, 4.69) is 181 Å². The fourth-order valence-corrected chi connectivity index (χ4v) is 9.16. The molecule has 0 N–H and O–H groups in total. The number of nitrogens with zero attached hydrogens (tertiary/aromatic N) is 2. The number of aryl methyl sites for hydroxylation is 2. The third-order valence-corrected chi connectivity index (χ3v) is 12.3. The summed E-state index contributed by atoms with van der Waals surface area (Å²) in [6.45, 7) is 0. The van der Waals surface area contributed by atoms with Gasteiger partial charge < -0.3 is 9.32 Å². The van der Waals surface area contributed by atoms with Crippen LogP contribution in [0.3, 0.4) is 0 Å². The Kier molecular flexibility index (Phi) is 9.28. The summed E-state index contributed by atoms with van der Waals surface area (Å²) in [4.78, 5) is 7.44. The first-order valence-electron chi connectivity index (χ1n) is 21.3. The van der Waals surface area contributed by atoms with Crippen molar-refractivity contribution in [1.29, 1.82) is 0 Å². The van der Waals surface area contributed by atoms with Crippen LogP contribution in [0.25, 0.3) is 66.9 Å². The maximum absolute atomic E-state index is 6.32. The summed E-state index contributed by atoms with van der Waals surface area (Å²) in [6.07, 6.45) is 19.7. The zero-order valence-corrected chi connectivity index (χ0v) is 33.5. The van der Waals surface area contributed by atoms with Crippen molar-refractivity contribution in [3.05, 3.63) is 217 Å². The zero-order valence-electron chi connectivity index (χ0n) is 33.5. The minimum absolute atomic E-state index is 0.691. The van der Waals surface area contributed by atoms with E-state index in [1.54, 1.807) is 0 Å². The number of fused-ring (bicyclic) bond motifs is 4. The van der Waals surface area contributed by atoms with Crippen LogP contribution in [0.2, 0.25) is 0 Å². The first-order valence-corrected chi connectivity index (χ1v) is 21.3. The van der Waals surface area contributed by atoms with Gasteiger partial charge in [0.2, 0.25) is 5.89 Å². The number of allylic oxidation sites excluding steroid dienone is 8. The molecule has 0 bridgehead atoms. The highest BCUT2D eigenvalue weighted by Gasteiger charge is 2.25. The predicted octanol–water partition coefficient (Wildman–Crippen LogP) is 15.5. The normalized spacial score (nSPS) is 14.3. The summed E-state index contributed by atoms with van der Waals surface area (Å²) in [6, 6.07) is 57.6. The highest BCUT2D eigenvalue weighted by atomic mass is 16.4. The Morgan fingerprint density at radius 2 is 1.20 bits per heavy atom. The first kappa shape index (κ1) is 35.9. The van der Waals surface area contributed by atoms with Gasteiger partial charge in [0.25, 0.3) is 0 Å². The summed E-state index contributed by atoms with van der Waals surface area (Å²) in [7, 11) is 0. The predicted molar refractivity (Wildman–Crippen MR) is 251 cm³/mol. The number of oxazole rings is 1. The van der Waals surface area contributed by atoms with Crippen molar-refractivity contribution in [2.24, 2.45) is 0 Å². The SMILES string of the molecule is C1=CCCC(c2ccc3ccc(N(c4ccc(-c5ccccc5)cc4)c4ccc(-c5ccc6c(c5)CCc5oc(-c7ccccc7)nc5-6)c(C5=CCCC=C5)c4)cc3c2)=C1. The second-order valence-electron chi connectivity index (χ2n) is 16.1. The number of rotatable bonds is 8. The monoisotopic (exact) mass is 772 g/mol. The summed E-state index contributed by atoms with van der Waals surface area (Å²) in [5.74, 6) is 1.67. The molecule has 0 radical (unpaired) electrons. The lowest BCUT2D eigenvalue weighted by Crippen LogP contribution is -2.11. The van der Waals surface area contributed by atoms with E-state index in [-0.39, 0.29) is 0 Å². The van der Waals surface area contributed by atoms with E-state index in [0.717, 1.165) is 72.6 Å². The largest absolute Gasteiger partial charge is 0.440 e. The van der Waals surface area contributed by atoms with Crippen molar-refractivity contribution in [1.82, 2.24) is 4.98 Å². The second-order valence-corrected chi connectivity index (χ2v) is 16.1. The molecule has 7 aromatic carbocycles. The van der Waals surface area contributed by atoms with Crippen molar-refractivity contribution in [3.8, 4) is 45.0 Å². The Hall–Kier alpha value is -7.23. The molecule has 3 heteroatoms. The minimum atomic E-state index is 0.691. The molecule has 8 aromatic rings. The van der Waals surface area contributed by atoms with Gasteiger partial charge in [-0.25, -0.2) is 4.98 Å². The van der Waals surface area contributed by atoms with Gasteiger partial charge >= 0.3 is 0 Å². The number of benzene rings is 7. The second kappa shape index (κ2) is 15.5. The van der Waals surface area contributed by atoms with Gasteiger partial charge in [0, 0.05) is 34.6 Å². The molecule has 60 heavy (non-hydrogen) atoms. The number of hydrogen-bond acceptors (Lipinski definition) is 3. The van der Waals surface area contributed by atoms with E-state index >= 15 is 0 Å². The van der Waals surface area contributed by atoms with Crippen molar-refractivity contribution in [3.63, 3.8) is 0 Å². The summed E-state index contributed by atoms with van der Waals surface area (Å²) in [5, 5.41) is 2.48. The lowest BCUT2D eigenvalue weighted by atomic mass is 9.86. The molecule has 0 aliphatic heterocycles. The van der Waals surface area contributed by atoms with Crippen LogP contribution in [0.4, 0.5) is 17.1 Å². The van der Waals surface area contributed by atoms with Gasteiger partial charge in [-0.05, 0) is 148 Å². The molecule has 288 valence electrons. The summed E-state index contributed by atoms with van der Waals surface area (Å²) in [5.41, 5.74) is 17.9. The van der Waals surface area contributed by atoms with Crippen LogP contribution < -0.4 is 4.90 Å². The van der Waals surface area contributed by atoms with Gasteiger partial charge in [-0.1, -0.05) is 140 Å². The number of hydrogen-bond donors (Lipinski definition) is 0. The molecule has 3 aliphatic rings. The van der Waals surface area contributed by atoms with Gasteiger partial charge in [0.15, 0.2) is 0 Å².